The fourth-order valence-electron chi connectivity index (χ4n) is 3.19. The fraction of sp³-hybridized carbons (Fsp3) is 0.571. The van der Waals surface area contributed by atoms with Gasteiger partial charge < -0.3 is 4.90 Å². The Morgan fingerprint density at radius 1 is 1.09 bits per heavy atom. The lowest BCUT2D eigenvalue weighted by Crippen LogP contribution is -2.50. The van der Waals surface area contributed by atoms with Crippen LogP contribution in [0.15, 0.2) is 24.3 Å². The van der Waals surface area contributed by atoms with Gasteiger partial charge in [-0.2, -0.15) is 0 Å². The van der Waals surface area contributed by atoms with Gasteiger partial charge in [0.05, 0.1) is 16.4 Å². The van der Waals surface area contributed by atoms with Gasteiger partial charge in [-0.25, -0.2) is 8.42 Å². The maximum absolute atomic E-state index is 11.6. The van der Waals surface area contributed by atoms with Gasteiger partial charge in [0.1, 0.15) is 0 Å². The monoisotopic (exact) mass is 325 g/mol. The number of non-ortho nitro benzene ring substituents is 1. The Kier molecular flexibility index (Phi) is 4.05. The zero-order valence-electron chi connectivity index (χ0n) is 12.2. The summed E-state index contributed by atoms with van der Waals surface area (Å²) in [6.07, 6.45) is 0.736. The molecule has 2 saturated heterocycles. The zero-order chi connectivity index (χ0) is 15.7. The molecule has 1 aromatic carbocycles. The third-order valence-corrected chi connectivity index (χ3v) is 6.22. The number of hydrogen-bond acceptors (Lipinski definition) is 6. The number of anilines is 1. The summed E-state index contributed by atoms with van der Waals surface area (Å²) < 4.78 is 23.1. The largest absolute Gasteiger partial charge is 0.369 e. The quantitative estimate of drug-likeness (QED) is 0.606. The van der Waals surface area contributed by atoms with Crippen molar-refractivity contribution in [1.82, 2.24) is 4.90 Å². The first-order valence-corrected chi connectivity index (χ1v) is 9.21. The first-order valence-electron chi connectivity index (χ1n) is 7.38. The van der Waals surface area contributed by atoms with Gasteiger partial charge in [-0.1, -0.05) is 0 Å². The zero-order valence-corrected chi connectivity index (χ0v) is 13.0. The van der Waals surface area contributed by atoms with Gasteiger partial charge >= 0.3 is 0 Å². The van der Waals surface area contributed by atoms with E-state index in [1.165, 1.54) is 12.1 Å². The Morgan fingerprint density at radius 2 is 1.73 bits per heavy atom. The molecule has 120 valence electrons. The van der Waals surface area contributed by atoms with Gasteiger partial charge in [-0.3, -0.25) is 15.0 Å². The second kappa shape index (κ2) is 5.85. The van der Waals surface area contributed by atoms with Crippen LogP contribution in [0.4, 0.5) is 11.4 Å². The minimum Gasteiger partial charge on any atom is -0.369 e. The third kappa shape index (κ3) is 3.22. The Morgan fingerprint density at radius 3 is 2.23 bits per heavy atom. The lowest BCUT2D eigenvalue weighted by atomic mass is 10.1. The van der Waals surface area contributed by atoms with Crippen LogP contribution in [0, 0.1) is 10.1 Å². The molecular weight excluding hydrogens is 306 g/mol. The molecule has 0 aromatic heterocycles. The Balaban J connectivity index is 1.58. The Bertz CT molecular complexity index is 651. The molecule has 2 heterocycles. The summed E-state index contributed by atoms with van der Waals surface area (Å²) in [5.74, 6) is 0.588. The minimum atomic E-state index is -2.84. The first-order chi connectivity index (χ1) is 10.4. The van der Waals surface area contributed by atoms with Crippen LogP contribution in [-0.2, 0) is 9.84 Å². The van der Waals surface area contributed by atoms with Crippen molar-refractivity contribution in [2.24, 2.45) is 0 Å². The van der Waals surface area contributed by atoms with E-state index in [1.807, 2.05) is 0 Å². The van der Waals surface area contributed by atoms with Gasteiger partial charge in [-0.15, -0.1) is 0 Å². The molecular formula is C14H19N3O4S. The van der Waals surface area contributed by atoms with Crippen LogP contribution in [-0.4, -0.2) is 62.0 Å². The van der Waals surface area contributed by atoms with E-state index in [1.54, 1.807) is 12.1 Å². The highest BCUT2D eigenvalue weighted by Gasteiger charge is 2.33. The molecule has 0 radical (unpaired) electrons. The number of nitro groups is 1. The summed E-state index contributed by atoms with van der Waals surface area (Å²) in [7, 11) is -2.84. The summed E-state index contributed by atoms with van der Waals surface area (Å²) in [5, 5.41) is 10.7. The van der Waals surface area contributed by atoms with E-state index >= 15 is 0 Å². The second-order valence-electron chi connectivity index (χ2n) is 5.85. The standard InChI is InChI=1S/C14H19N3O4S/c18-17(19)13-3-1-12(2-4-13)15-6-8-16(9-7-15)14-5-10-22(20,21)11-14/h1-4,14H,5-11H2/t14-/m1/s1. The Hall–Kier alpha value is -1.67. The molecule has 1 atom stereocenters. The van der Waals surface area contributed by atoms with E-state index in [0.717, 1.165) is 38.3 Å². The SMILES string of the molecule is O=[N+]([O-])c1ccc(N2CCN([C@@H]3CCS(=O)(=O)C3)CC2)cc1. The summed E-state index contributed by atoms with van der Waals surface area (Å²) >= 11 is 0. The fourth-order valence-corrected chi connectivity index (χ4v) is 4.96. The molecule has 7 nitrogen and oxygen atoms in total. The Labute approximate surface area is 129 Å². The molecule has 0 unspecified atom stereocenters. The number of hydrogen-bond donors (Lipinski definition) is 0. The predicted octanol–water partition coefficient (Wildman–Crippen LogP) is 0.904. The molecule has 1 aromatic rings. The van der Waals surface area contributed by atoms with E-state index in [2.05, 4.69) is 9.80 Å². The number of nitrogens with zero attached hydrogens (tertiary/aromatic N) is 3. The normalized spacial score (nSPS) is 25.3. The lowest BCUT2D eigenvalue weighted by molar-refractivity contribution is -0.384. The van der Waals surface area contributed by atoms with Crippen LogP contribution >= 0.6 is 0 Å². The average molecular weight is 325 g/mol. The number of sulfone groups is 1. The number of benzene rings is 1. The van der Waals surface area contributed by atoms with E-state index < -0.39 is 14.8 Å². The molecule has 22 heavy (non-hydrogen) atoms. The highest BCUT2D eigenvalue weighted by Crippen LogP contribution is 2.23. The van der Waals surface area contributed by atoms with Gasteiger partial charge in [0.2, 0.25) is 0 Å². The minimum absolute atomic E-state index is 0.0959. The lowest BCUT2D eigenvalue weighted by Gasteiger charge is -2.38. The second-order valence-corrected chi connectivity index (χ2v) is 8.08. The number of nitro benzene ring substituents is 1. The van der Waals surface area contributed by atoms with Gasteiger partial charge in [0.25, 0.3) is 5.69 Å². The molecule has 0 N–H and O–H groups in total. The van der Waals surface area contributed by atoms with E-state index in [9.17, 15) is 18.5 Å². The van der Waals surface area contributed by atoms with Gasteiger partial charge in [0.15, 0.2) is 9.84 Å². The molecule has 2 aliphatic rings. The summed E-state index contributed by atoms with van der Waals surface area (Å²) in [6, 6.07) is 6.74. The first kappa shape index (κ1) is 15.2. The van der Waals surface area contributed by atoms with Crippen molar-refractivity contribution in [3.05, 3.63) is 34.4 Å². The van der Waals surface area contributed by atoms with Crippen molar-refractivity contribution >= 4 is 21.2 Å². The third-order valence-electron chi connectivity index (χ3n) is 4.46. The van der Waals surface area contributed by atoms with E-state index in [4.69, 9.17) is 0 Å². The number of piperazine rings is 1. The molecule has 0 bridgehead atoms. The van der Waals surface area contributed by atoms with Crippen LogP contribution in [0.1, 0.15) is 6.42 Å². The van der Waals surface area contributed by atoms with Crippen LogP contribution in [0.25, 0.3) is 0 Å². The van der Waals surface area contributed by atoms with Gasteiger partial charge in [0, 0.05) is 50.0 Å². The van der Waals surface area contributed by atoms with Crippen molar-refractivity contribution in [3.8, 4) is 0 Å². The molecule has 8 heteroatoms. The number of rotatable bonds is 3. The molecule has 0 amide bonds. The maximum Gasteiger partial charge on any atom is 0.269 e. The summed E-state index contributed by atoms with van der Waals surface area (Å²) in [4.78, 5) is 14.7. The van der Waals surface area contributed by atoms with Crippen LogP contribution in [0.5, 0.6) is 0 Å². The van der Waals surface area contributed by atoms with E-state index in [0.29, 0.717) is 5.75 Å². The van der Waals surface area contributed by atoms with Crippen molar-refractivity contribution in [2.75, 3.05) is 42.6 Å². The highest BCUT2D eigenvalue weighted by atomic mass is 32.2. The maximum atomic E-state index is 11.6. The summed E-state index contributed by atoms with van der Waals surface area (Å²) in [5.41, 5.74) is 1.07. The topological polar surface area (TPSA) is 83.8 Å². The molecule has 3 rings (SSSR count). The molecule has 0 spiro atoms. The van der Waals surface area contributed by atoms with Crippen LogP contribution in [0.2, 0.25) is 0 Å². The summed E-state index contributed by atoms with van der Waals surface area (Å²) in [6.45, 7) is 3.29. The van der Waals surface area contributed by atoms with Crippen LogP contribution in [0.3, 0.4) is 0 Å². The molecule has 0 saturated carbocycles. The van der Waals surface area contributed by atoms with Gasteiger partial charge in [-0.05, 0) is 18.6 Å². The average Bonchev–Trinajstić information content (AvgIpc) is 2.88. The van der Waals surface area contributed by atoms with Crippen molar-refractivity contribution in [1.29, 1.82) is 0 Å². The smallest absolute Gasteiger partial charge is 0.269 e. The van der Waals surface area contributed by atoms with Crippen molar-refractivity contribution in [2.45, 2.75) is 12.5 Å². The molecule has 0 aliphatic carbocycles. The van der Waals surface area contributed by atoms with E-state index in [-0.39, 0.29) is 17.5 Å². The highest BCUT2D eigenvalue weighted by molar-refractivity contribution is 7.91. The molecule has 2 fully saturated rings. The van der Waals surface area contributed by atoms with Crippen LogP contribution < -0.4 is 4.90 Å². The van der Waals surface area contributed by atoms with Crippen molar-refractivity contribution < 1.29 is 13.3 Å². The predicted molar refractivity (Wildman–Crippen MR) is 83.9 cm³/mol. The van der Waals surface area contributed by atoms with Crippen molar-refractivity contribution in [3.63, 3.8) is 0 Å². The molecule has 2 aliphatic heterocycles.